The first-order valence-electron chi connectivity index (χ1n) is 9.40. The number of fused-ring (bicyclic) bond motifs is 1. The van der Waals surface area contributed by atoms with E-state index in [4.69, 9.17) is 16.3 Å². The van der Waals surface area contributed by atoms with E-state index in [1.807, 2.05) is 30.3 Å². The summed E-state index contributed by atoms with van der Waals surface area (Å²) in [6.07, 6.45) is 0.395. The van der Waals surface area contributed by atoms with Gasteiger partial charge in [0.25, 0.3) is 5.56 Å². The first-order chi connectivity index (χ1) is 13.9. The standard InChI is InChI=1S/C23H22ClNO4/c1-15(23(28)29-14-16-7-4-3-5-8-16)11-12-20(26)18-13-17-9-6-10-19(24)21(17)25(2)22(18)27/h3-10,13,15H,11-12,14H2,1-2H3/t15-/m1/s1. The Hall–Kier alpha value is -2.92. The molecule has 0 radical (unpaired) electrons. The maximum absolute atomic E-state index is 12.7. The third-order valence-electron chi connectivity index (χ3n) is 4.92. The summed E-state index contributed by atoms with van der Waals surface area (Å²) in [6, 6.07) is 16.3. The average molecular weight is 412 g/mol. The van der Waals surface area contributed by atoms with Crippen LogP contribution in [0.3, 0.4) is 0 Å². The summed E-state index contributed by atoms with van der Waals surface area (Å²) in [5.74, 6) is -1.10. The number of esters is 1. The topological polar surface area (TPSA) is 65.4 Å². The number of hydrogen-bond acceptors (Lipinski definition) is 4. The molecule has 0 N–H and O–H groups in total. The maximum Gasteiger partial charge on any atom is 0.308 e. The second kappa shape index (κ2) is 9.05. The fourth-order valence-electron chi connectivity index (χ4n) is 3.17. The molecule has 1 atom stereocenters. The van der Waals surface area contributed by atoms with Crippen LogP contribution in [0.1, 0.15) is 35.7 Å². The number of carbonyl (C=O) groups is 2. The van der Waals surface area contributed by atoms with Crippen molar-refractivity contribution in [1.82, 2.24) is 4.57 Å². The van der Waals surface area contributed by atoms with Gasteiger partial charge in [0.2, 0.25) is 0 Å². The monoisotopic (exact) mass is 411 g/mol. The van der Waals surface area contributed by atoms with Gasteiger partial charge in [0.1, 0.15) is 6.61 Å². The molecule has 0 amide bonds. The van der Waals surface area contributed by atoms with Gasteiger partial charge in [-0.2, -0.15) is 0 Å². The summed E-state index contributed by atoms with van der Waals surface area (Å²) in [7, 11) is 1.59. The number of pyridine rings is 1. The number of para-hydroxylation sites is 1. The Morgan fingerprint density at radius 3 is 2.55 bits per heavy atom. The molecule has 0 spiro atoms. The van der Waals surface area contributed by atoms with Crippen LogP contribution in [0, 0.1) is 5.92 Å². The van der Waals surface area contributed by atoms with Crippen LogP contribution < -0.4 is 5.56 Å². The van der Waals surface area contributed by atoms with Crippen molar-refractivity contribution in [2.24, 2.45) is 13.0 Å². The van der Waals surface area contributed by atoms with Crippen LogP contribution in [-0.2, 0) is 23.2 Å². The largest absolute Gasteiger partial charge is 0.461 e. The van der Waals surface area contributed by atoms with Gasteiger partial charge in [-0.3, -0.25) is 14.4 Å². The second-order valence-corrected chi connectivity index (χ2v) is 7.46. The summed E-state index contributed by atoms with van der Waals surface area (Å²) in [5, 5.41) is 1.18. The van der Waals surface area contributed by atoms with Crippen molar-refractivity contribution in [2.45, 2.75) is 26.4 Å². The van der Waals surface area contributed by atoms with Gasteiger partial charge in [-0.1, -0.05) is 61.0 Å². The number of ketones is 1. The highest BCUT2D eigenvalue weighted by Gasteiger charge is 2.20. The summed E-state index contributed by atoms with van der Waals surface area (Å²) >= 11 is 6.18. The Kier molecular flexibility index (Phi) is 6.49. The van der Waals surface area contributed by atoms with E-state index in [1.54, 1.807) is 38.2 Å². The van der Waals surface area contributed by atoms with Crippen LogP contribution in [0.4, 0.5) is 0 Å². The minimum Gasteiger partial charge on any atom is -0.461 e. The number of Topliss-reactive ketones (excluding diaryl/α,β-unsaturated/α-hetero) is 1. The number of aromatic nitrogens is 1. The van der Waals surface area contributed by atoms with Crippen molar-refractivity contribution in [2.75, 3.05) is 0 Å². The minimum atomic E-state index is -0.443. The highest BCUT2D eigenvalue weighted by atomic mass is 35.5. The lowest BCUT2D eigenvalue weighted by molar-refractivity contribution is -0.149. The van der Waals surface area contributed by atoms with Crippen LogP contribution >= 0.6 is 11.6 Å². The zero-order chi connectivity index (χ0) is 21.0. The molecule has 0 aliphatic heterocycles. The Balaban J connectivity index is 1.65. The third-order valence-corrected chi connectivity index (χ3v) is 5.22. The molecule has 3 aromatic rings. The number of carbonyl (C=O) groups excluding carboxylic acids is 2. The molecule has 0 unspecified atom stereocenters. The summed E-state index contributed by atoms with van der Waals surface area (Å²) in [6.45, 7) is 1.92. The Morgan fingerprint density at radius 1 is 1.10 bits per heavy atom. The van der Waals surface area contributed by atoms with Crippen LogP contribution in [0.15, 0.2) is 59.4 Å². The van der Waals surface area contributed by atoms with Crippen molar-refractivity contribution in [1.29, 1.82) is 0 Å². The van der Waals surface area contributed by atoms with Gasteiger partial charge in [-0.05, 0) is 24.1 Å². The number of ether oxygens (including phenoxy) is 1. The molecular formula is C23H22ClNO4. The highest BCUT2D eigenvalue weighted by molar-refractivity contribution is 6.35. The van der Waals surface area contributed by atoms with Gasteiger partial charge in [-0.15, -0.1) is 0 Å². The molecule has 0 aliphatic carbocycles. The zero-order valence-corrected chi connectivity index (χ0v) is 17.1. The maximum atomic E-state index is 12.7. The highest BCUT2D eigenvalue weighted by Crippen LogP contribution is 2.23. The van der Waals surface area contributed by atoms with E-state index in [9.17, 15) is 14.4 Å². The number of rotatable bonds is 7. The predicted molar refractivity (Wildman–Crippen MR) is 113 cm³/mol. The van der Waals surface area contributed by atoms with E-state index < -0.39 is 11.5 Å². The number of halogens is 1. The predicted octanol–water partition coefficient (Wildman–Crippen LogP) is 4.53. The number of nitrogens with zero attached hydrogens (tertiary/aromatic N) is 1. The number of aryl methyl sites for hydroxylation is 1. The molecule has 29 heavy (non-hydrogen) atoms. The molecule has 6 heteroatoms. The van der Waals surface area contributed by atoms with Gasteiger partial charge in [0.15, 0.2) is 5.78 Å². The fourth-order valence-corrected chi connectivity index (χ4v) is 3.48. The van der Waals surface area contributed by atoms with Crippen LogP contribution in [-0.4, -0.2) is 16.3 Å². The SMILES string of the molecule is C[C@H](CCC(=O)c1cc2cccc(Cl)c2n(C)c1=O)C(=O)OCc1ccccc1. The molecule has 150 valence electrons. The van der Waals surface area contributed by atoms with E-state index in [1.165, 1.54) is 4.57 Å². The van der Waals surface area contributed by atoms with Crippen molar-refractivity contribution in [3.8, 4) is 0 Å². The second-order valence-electron chi connectivity index (χ2n) is 7.06. The molecule has 1 heterocycles. The molecule has 3 rings (SSSR count). The van der Waals surface area contributed by atoms with Gasteiger partial charge >= 0.3 is 5.97 Å². The quantitative estimate of drug-likeness (QED) is 0.423. The number of hydrogen-bond donors (Lipinski definition) is 0. The molecule has 1 aromatic heterocycles. The molecular weight excluding hydrogens is 390 g/mol. The smallest absolute Gasteiger partial charge is 0.308 e. The molecule has 0 saturated carbocycles. The van der Waals surface area contributed by atoms with Gasteiger partial charge in [0, 0.05) is 18.9 Å². The summed E-state index contributed by atoms with van der Waals surface area (Å²) in [4.78, 5) is 37.4. The number of benzene rings is 2. The molecule has 0 aliphatic rings. The molecule has 0 bridgehead atoms. The summed E-state index contributed by atoms with van der Waals surface area (Å²) < 4.78 is 6.70. The lowest BCUT2D eigenvalue weighted by Gasteiger charge is -2.12. The van der Waals surface area contributed by atoms with Crippen LogP contribution in [0.5, 0.6) is 0 Å². The summed E-state index contributed by atoms with van der Waals surface area (Å²) in [5.41, 5.74) is 1.21. The van der Waals surface area contributed by atoms with Crippen molar-refractivity contribution in [3.05, 3.63) is 81.1 Å². The lowest BCUT2D eigenvalue weighted by atomic mass is 9.99. The van der Waals surface area contributed by atoms with Gasteiger partial charge in [-0.25, -0.2) is 0 Å². The fraction of sp³-hybridized carbons (Fsp3) is 0.261. The van der Waals surface area contributed by atoms with E-state index in [0.717, 1.165) is 10.9 Å². The van der Waals surface area contributed by atoms with E-state index in [-0.39, 0.29) is 30.3 Å². The first kappa shape index (κ1) is 20.8. The molecule has 2 aromatic carbocycles. The molecule has 5 nitrogen and oxygen atoms in total. The molecule has 0 saturated heterocycles. The molecule has 0 fully saturated rings. The van der Waals surface area contributed by atoms with E-state index >= 15 is 0 Å². The first-order valence-corrected chi connectivity index (χ1v) is 9.78. The van der Waals surface area contributed by atoms with Crippen molar-refractivity contribution >= 4 is 34.3 Å². The van der Waals surface area contributed by atoms with Gasteiger partial charge in [0.05, 0.1) is 22.0 Å². The lowest BCUT2D eigenvalue weighted by Crippen LogP contribution is -2.25. The third kappa shape index (κ3) is 4.74. The Labute approximate surface area is 173 Å². The van der Waals surface area contributed by atoms with Crippen molar-refractivity contribution in [3.63, 3.8) is 0 Å². The zero-order valence-electron chi connectivity index (χ0n) is 16.4. The minimum absolute atomic E-state index is 0.0862. The van der Waals surface area contributed by atoms with E-state index in [2.05, 4.69) is 0 Å². The van der Waals surface area contributed by atoms with E-state index in [0.29, 0.717) is 17.0 Å². The normalized spacial score (nSPS) is 12.0. The van der Waals surface area contributed by atoms with Gasteiger partial charge < -0.3 is 9.30 Å². The van der Waals surface area contributed by atoms with Crippen molar-refractivity contribution < 1.29 is 14.3 Å². The van der Waals surface area contributed by atoms with Crippen LogP contribution in [0.2, 0.25) is 5.02 Å². The average Bonchev–Trinajstić information content (AvgIpc) is 2.73. The Morgan fingerprint density at radius 2 is 1.83 bits per heavy atom. The van der Waals surface area contributed by atoms with Crippen LogP contribution in [0.25, 0.3) is 10.9 Å². The Bertz CT molecular complexity index is 1110.